The molecular formula is C18H29NO. The molecule has 1 aliphatic heterocycles. The summed E-state index contributed by atoms with van der Waals surface area (Å²) >= 11 is 0. The third-order valence-electron chi connectivity index (χ3n) is 4.47. The molecule has 2 unspecified atom stereocenters. The zero-order valence-corrected chi connectivity index (χ0v) is 13.0. The highest BCUT2D eigenvalue weighted by Gasteiger charge is 2.17. The lowest BCUT2D eigenvalue weighted by Gasteiger charge is -2.24. The molecule has 2 heteroatoms. The first-order valence-corrected chi connectivity index (χ1v) is 8.23. The van der Waals surface area contributed by atoms with Gasteiger partial charge in [-0.2, -0.15) is 0 Å². The topological polar surface area (TPSA) is 35.2 Å². The van der Waals surface area contributed by atoms with Crippen LogP contribution in [0.25, 0.3) is 0 Å². The molecular weight excluding hydrogens is 246 g/mol. The van der Waals surface area contributed by atoms with E-state index in [1.165, 1.54) is 36.0 Å². The fourth-order valence-electron chi connectivity index (χ4n) is 3.09. The summed E-state index contributed by atoms with van der Waals surface area (Å²) in [6.45, 7) is 5.35. The third kappa shape index (κ3) is 4.07. The van der Waals surface area contributed by atoms with Gasteiger partial charge in [0, 0.05) is 12.6 Å². The van der Waals surface area contributed by atoms with Crippen LogP contribution in [-0.2, 0) is 17.6 Å². The molecule has 2 rings (SSSR count). The molecule has 0 radical (unpaired) electrons. The van der Waals surface area contributed by atoms with Gasteiger partial charge in [-0.25, -0.2) is 0 Å². The predicted octanol–water partition coefficient (Wildman–Crippen LogP) is 4.16. The van der Waals surface area contributed by atoms with Crippen molar-refractivity contribution < 1.29 is 4.74 Å². The highest BCUT2D eigenvalue weighted by Crippen LogP contribution is 2.25. The molecule has 1 aromatic carbocycles. The third-order valence-corrected chi connectivity index (χ3v) is 4.47. The molecule has 1 saturated heterocycles. The largest absolute Gasteiger partial charge is 0.378 e. The first-order chi connectivity index (χ1) is 9.74. The van der Waals surface area contributed by atoms with Crippen LogP contribution in [0.2, 0.25) is 0 Å². The van der Waals surface area contributed by atoms with Gasteiger partial charge in [-0.15, -0.1) is 0 Å². The first kappa shape index (κ1) is 15.5. The van der Waals surface area contributed by atoms with Gasteiger partial charge in [0.2, 0.25) is 0 Å². The average molecular weight is 275 g/mol. The Kier molecular flexibility index (Phi) is 6.06. The lowest BCUT2D eigenvalue weighted by atomic mass is 9.92. The second kappa shape index (κ2) is 7.80. The lowest BCUT2D eigenvalue weighted by Crippen LogP contribution is -2.22. The van der Waals surface area contributed by atoms with Gasteiger partial charge in [-0.05, 0) is 61.6 Å². The zero-order valence-electron chi connectivity index (χ0n) is 13.0. The molecule has 0 saturated carbocycles. The van der Waals surface area contributed by atoms with Gasteiger partial charge in [0.1, 0.15) is 0 Å². The monoisotopic (exact) mass is 275 g/mol. The first-order valence-electron chi connectivity index (χ1n) is 8.23. The molecule has 112 valence electrons. The Morgan fingerprint density at radius 1 is 1.25 bits per heavy atom. The van der Waals surface area contributed by atoms with E-state index in [2.05, 4.69) is 32.0 Å². The van der Waals surface area contributed by atoms with E-state index < -0.39 is 0 Å². The van der Waals surface area contributed by atoms with E-state index in [-0.39, 0.29) is 6.04 Å². The van der Waals surface area contributed by atoms with Crippen molar-refractivity contribution in [3.05, 3.63) is 34.9 Å². The van der Waals surface area contributed by atoms with Crippen LogP contribution in [0.1, 0.15) is 68.7 Å². The summed E-state index contributed by atoms with van der Waals surface area (Å²) in [7, 11) is 0. The van der Waals surface area contributed by atoms with Gasteiger partial charge in [0.25, 0.3) is 0 Å². The predicted molar refractivity (Wildman–Crippen MR) is 85.0 cm³/mol. The van der Waals surface area contributed by atoms with Crippen molar-refractivity contribution in [1.29, 1.82) is 0 Å². The second-order valence-corrected chi connectivity index (χ2v) is 5.91. The number of ether oxygens (including phenoxy) is 1. The van der Waals surface area contributed by atoms with Gasteiger partial charge < -0.3 is 10.5 Å². The minimum absolute atomic E-state index is 0.155. The van der Waals surface area contributed by atoms with Crippen molar-refractivity contribution in [1.82, 2.24) is 0 Å². The van der Waals surface area contributed by atoms with Crippen molar-refractivity contribution in [3.63, 3.8) is 0 Å². The Labute approximate surface area is 123 Å². The molecule has 0 aliphatic carbocycles. The van der Waals surface area contributed by atoms with Crippen molar-refractivity contribution in [3.8, 4) is 0 Å². The maximum absolute atomic E-state index is 6.46. The highest BCUT2D eigenvalue weighted by molar-refractivity contribution is 5.34. The Bertz CT molecular complexity index is 410. The van der Waals surface area contributed by atoms with E-state index in [1.807, 2.05) is 0 Å². The summed E-state index contributed by atoms with van der Waals surface area (Å²) in [6.07, 6.45) is 8.46. The van der Waals surface area contributed by atoms with Crippen molar-refractivity contribution in [2.24, 2.45) is 5.73 Å². The molecule has 0 amide bonds. The fraction of sp³-hybridized carbons (Fsp3) is 0.667. The van der Waals surface area contributed by atoms with Gasteiger partial charge in [0.05, 0.1) is 6.10 Å². The summed E-state index contributed by atoms with van der Waals surface area (Å²) in [5.74, 6) is 0. The van der Waals surface area contributed by atoms with E-state index in [4.69, 9.17) is 10.5 Å². The summed E-state index contributed by atoms with van der Waals surface area (Å²) in [6, 6.07) is 6.96. The van der Waals surface area contributed by atoms with E-state index in [0.29, 0.717) is 6.10 Å². The summed E-state index contributed by atoms with van der Waals surface area (Å²) in [4.78, 5) is 0. The summed E-state index contributed by atoms with van der Waals surface area (Å²) in [5, 5.41) is 0. The van der Waals surface area contributed by atoms with Crippen LogP contribution < -0.4 is 5.73 Å². The molecule has 0 aromatic heterocycles. The second-order valence-electron chi connectivity index (χ2n) is 5.91. The maximum atomic E-state index is 6.46. The fourth-order valence-corrected chi connectivity index (χ4v) is 3.09. The minimum atomic E-state index is 0.155. The number of benzene rings is 1. The van der Waals surface area contributed by atoms with Crippen LogP contribution in [0, 0.1) is 0 Å². The Morgan fingerprint density at radius 3 is 2.75 bits per heavy atom. The van der Waals surface area contributed by atoms with E-state index in [1.54, 1.807) is 0 Å². The van der Waals surface area contributed by atoms with Crippen LogP contribution in [0.3, 0.4) is 0 Å². The van der Waals surface area contributed by atoms with Gasteiger partial charge >= 0.3 is 0 Å². The molecule has 1 aliphatic rings. The number of hydrogen-bond acceptors (Lipinski definition) is 2. The van der Waals surface area contributed by atoms with Gasteiger partial charge in [0.15, 0.2) is 0 Å². The number of nitrogens with two attached hydrogens (primary N) is 1. The van der Waals surface area contributed by atoms with Crippen LogP contribution >= 0.6 is 0 Å². The van der Waals surface area contributed by atoms with Crippen LogP contribution in [0.15, 0.2) is 18.2 Å². The SMILES string of the molecule is CCc1ccc(CC)c(C(N)CCC2CCCCO2)c1. The van der Waals surface area contributed by atoms with E-state index in [0.717, 1.165) is 32.3 Å². The van der Waals surface area contributed by atoms with Crippen molar-refractivity contribution in [2.45, 2.75) is 70.9 Å². The van der Waals surface area contributed by atoms with Crippen LogP contribution in [-0.4, -0.2) is 12.7 Å². The van der Waals surface area contributed by atoms with Crippen LogP contribution in [0.5, 0.6) is 0 Å². The highest BCUT2D eigenvalue weighted by atomic mass is 16.5. The molecule has 1 fully saturated rings. The standard InChI is InChI=1S/C18H29NO/c1-3-14-8-9-15(4-2)17(13-14)18(19)11-10-16-7-5-6-12-20-16/h8-9,13,16,18H,3-7,10-12,19H2,1-2H3. The number of hydrogen-bond donors (Lipinski definition) is 1. The Morgan fingerprint density at radius 2 is 2.10 bits per heavy atom. The lowest BCUT2D eigenvalue weighted by molar-refractivity contribution is 0.00911. The molecule has 2 N–H and O–H groups in total. The molecule has 2 atom stereocenters. The normalized spacial score (nSPS) is 20.9. The zero-order chi connectivity index (χ0) is 14.4. The van der Waals surface area contributed by atoms with Crippen LogP contribution in [0.4, 0.5) is 0 Å². The molecule has 0 bridgehead atoms. The molecule has 0 spiro atoms. The molecule has 1 aromatic rings. The Hall–Kier alpha value is -0.860. The van der Waals surface area contributed by atoms with E-state index in [9.17, 15) is 0 Å². The van der Waals surface area contributed by atoms with Crippen molar-refractivity contribution in [2.75, 3.05) is 6.61 Å². The van der Waals surface area contributed by atoms with Gasteiger partial charge in [-0.1, -0.05) is 32.0 Å². The quantitative estimate of drug-likeness (QED) is 0.846. The van der Waals surface area contributed by atoms with Crippen molar-refractivity contribution >= 4 is 0 Å². The summed E-state index contributed by atoms with van der Waals surface area (Å²) in [5.41, 5.74) is 10.6. The minimum Gasteiger partial charge on any atom is -0.378 e. The smallest absolute Gasteiger partial charge is 0.0575 e. The van der Waals surface area contributed by atoms with E-state index >= 15 is 0 Å². The molecule has 1 heterocycles. The van der Waals surface area contributed by atoms with Gasteiger partial charge in [-0.3, -0.25) is 0 Å². The maximum Gasteiger partial charge on any atom is 0.0575 e. The summed E-state index contributed by atoms with van der Waals surface area (Å²) < 4.78 is 5.81. The number of rotatable bonds is 6. The molecule has 2 nitrogen and oxygen atoms in total. The average Bonchev–Trinajstić information content (AvgIpc) is 2.52. The Balaban J connectivity index is 1.98. The number of aryl methyl sites for hydroxylation is 2. The molecule has 20 heavy (non-hydrogen) atoms.